The monoisotopic (exact) mass is 305 g/mol. The Balaban J connectivity index is 2.41. The Morgan fingerprint density at radius 3 is 2.73 bits per heavy atom. The van der Waals surface area contributed by atoms with Crippen LogP contribution in [0.2, 0.25) is 0 Å². The Bertz CT molecular complexity index is 533. The molecule has 120 valence electrons. The predicted molar refractivity (Wildman–Crippen MR) is 85.2 cm³/mol. The first-order chi connectivity index (χ1) is 10.5. The van der Waals surface area contributed by atoms with E-state index < -0.39 is 5.97 Å². The van der Waals surface area contributed by atoms with Crippen LogP contribution in [0.5, 0.6) is 5.75 Å². The quantitative estimate of drug-likeness (QED) is 0.543. The van der Waals surface area contributed by atoms with Gasteiger partial charge in [0.15, 0.2) is 0 Å². The van der Waals surface area contributed by atoms with Crippen LogP contribution >= 0.6 is 0 Å². The molecule has 0 bridgehead atoms. The molecule has 0 aromatic heterocycles. The number of carboxylic acid groups (broad SMARTS) is 1. The van der Waals surface area contributed by atoms with Gasteiger partial charge in [-0.3, -0.25) is 9.59 Å². The fourth-order valence-corrected chi connectivity index (χ4v) is 1.74. The number of carbonyl (C=O) groups excluding carboxylic acids is 1. The number of aliphatic carboxylic acids is 1. The van der Waals surface area contributed by atoms with Crippen LogP contribution in [-0.4, -0.2) is 30.1 Å². The van der Waals surface area contributed by atoms with Gasteiger partial charge in [-0.25, -0.2) is 0 Å². The van der Waals surface area contributed by atoms with Crippen molar-refractivity contribution in [3.63, 3.8) is 0 Å². The molecule has 0 fully saturated rings. The molecule has 0 aliphatic carbocycles. The lowest BCUT2D eigenvalue weighted by Crippen LogP contribution is -2.24. The molecule has 0 aliphatic heterocycles. The lowest BCUT2D eigenvalue weighted by Gasteiger charge is -2.07. The van der Waals surface area contributed by atoms with Crippen molar-refractivity contribution in [1.82, 2.24) is 5.32 Å². The third kappa shape index (κ3) is 7.47. The normalized spacial score (nSPS) is 9.91. The molecule has 0 saturated carbocycles. The summed E-state index contributed by atoms with van der Waals surface area (Å²) in [5, 5.41) is 11.3. The van der Waals surface area contributed by atoms with E-state index in [0.717, 1.165) is 0 Å². The summed E-state index contributed by atoms with van der Waals surface area (Å²) in [4.78, 5) is 22.4. The van der Waals surface area contributed by atoms with Crippen LogP contribution in [0.1, 0.15) is 43.5 Å². The molecule has 22 heavy (non-hydrogen) atoms. The number of hydrogen-bond donors (Lipinski definition) is 2. The molecule has 0 saturated heterocycles. The van der Waals surface area contributed by atoms with Crippen molar-refractivity contribution in [3.8, 4) is 5.75 Å². The van der Waals surface area contributed by atoms with Gasteiger partial charge in [0.1, 0.15) is 12.4 Å². The molecule has 0 atom stereocenters. The van der Waals surface area contributed by atoms with E-state index in [-0.39, 0.29) is 12.3 Å². The summed E-state index contributed by atoms with van der Waals surface area (Å²) in [6.07, 6.45) is 3.30. The van der Waals surface area contributed by atoms with Gasteiger partial charge in [-0.15, -0.1) is 0 Å². The summed E-state index contributed by atoms with van der Waals surface area (Å²) in [5.74, 6) is -0.341. The molecule has 1 aromatic carbocycles. The topological polar surface area (TPSA) is 75.6 Å². The summed E-state index contributed by atoms with van der Waals surface area (Å²) in [7, 11) is 0. The molecule has 0 heterocycles. The molecule has 0 spiro atoms. The lowest BCUT2D eigenvalue weighted by atomic mass is 10.2. The summed E-state index contributed by atoms with van der Waals surface area (Å²) < 4.78 is 5.56. The first kappa shape index (κ1) is 17.8. The number of nitrogens with one attached hydrogen (secondary N) is 1. The van der Waals surface area contributed by atoms with Crippen LogP contribution in [0.25, 0.3) is 0 Å². The molecule has 0 radical (unpaired) electrons. The van der Waals surface area contributed by atoms with Gasteiger partial charge in [0.2, 0.25) is 0 Å². The standard InChI is InChI=1S/C17H23NO4/c1-13(2)9-11-22-15-7-5-6-14(12-15)17(21)18-10-4-3-8-16(19)20/h5-7,9,12H,3-4,8,10-11H2,1-2H3,(H,18,21)(H,19,20). The van der Waals surface area contributed by atoms with Crippen LogP contribution in [0.3, 0.4) is 0 Å². The van der Waals surface area contributed by atoms with E-state index in [0.29, 0.717) is 37.3 Å². The zero-order chi connectivity index (χ0) is 16.4. The predicted octanol–water partition coefficient (Wildman–Crippen LogP) is 3.02. The van der Waals surface area contributed by atoms with Crippen LogP contribution in [0.15, 0.2) is 35.9 Å². The second-order valence-electron chi connectivity index (χ2n) is 5.23. The van der Waals surface area contributed by atoms with Gasteiger partial charge >= 0.3 is 5.97 Å². The average molecular weight is 305 g/mol. The van der Waals surface area contributed by atoms with Crippen molar-refractivity contribution in [2.24, 2.45) is 0 Å². The molecule has 2 N–H and O–H groups in total. The SMILES string of the molecule is CC(C)=CCOc1cccc(C(=O)NCCCCC(=O)O)c1. The van der Waals surface area contributed by atoms with Gasteiger partial charge in [0, 0.05) is 18.5 Å². The van der Waals surface area contributed by atoms with Crippen molar-refractivity contribution in [1.29, 1.82) is 0 Å². The minimum absolute atomic E-state index is 0.129. The highest BCUT2D eigenvalue weighted by atomic mass is 16.5. The second-order valence-corrected chi connectivity index (χ2v) is 5.23. The lowest BCUT2D eigenvalue weighted by molar-refractivity contribution is -0.137. The van der Waals surface area contributed by atoms with E-state index in [1.54, 1.807) is 18.2 Å². The van der Waals surface area contributed by atoms with Gasteiger partial charge in [-0.2, -0.15) is 0 Å². The van der Waals surface area contributed by atoms with Gasteiger partial charge in [0.05, 0.1) is 0 Å². The van der Waals surface area contributed by atoms with Gasteiger partial charge in [0.25, 0.3) is 5.91 Å². The van der Waals surface area contributed by atoms with Crippen LogP contribution in [0, 0.1) is 0 Å². The molecule has 1 amide bonds. The highest BCUT2D eigenvalue weighted by Gasteiger charge is 2.06. The van der Waals surface area contributed by atoms with Crippen LogP contribution < -0.4 is 10.1 Å². The third-order valence-electron chi connectivity index (χ3n) is 2.94. The number of allylic oxidation sites excluding steroid dienone is 1. The van der Waals surface area contributed by atoms with E-state index in [9.17, 15) is 9.59 Å². The molecule has 1 aromatic rings. The van der Waals surface area contributed by atoms with Crippen LogP contribution in [-0.2, 0) is 4.79 Å². The van der Waals surface area contributed by atoms with E-state index in [2.05, 4.69) is 5.32 Å². The summed E-state index contributed by atoms with van der Waals surface area (Å²) in [5.41, 5.74) is 1.71. The van der Waals surface area contributed by atoms with E-state index in [4.69, 9.17) is 9.84 Å². The number of hydrogen-bond acceptors (Lipinski definition) is 3. The van der Waals surface area contributed by atoms with E-state index in [1.807, 2.05) is 26.0 Å². The number of rotatable bonds is 9. The molecule has 5 nitrogen and oxygen atoms in total. The van der Waals surface area contributed by atoms with Gasteiger partial charge in [-0.1, -0.05) is 11.6 Å². The van der Waals surface area contributed by atoms with E-state index in [1.165, 1.54) is 5.57 Å². The average Bonchev–Trinajstić information content (AvgIpc) is 2.46. The Labute approximate surface area is 131 Å². The third-order valence-corrected chi connectivity index (χ3v) is 2.94. The number of benzene rings is 1. The molecular weight excluding hydrogens is 282 g/mol. The van der Waals surface area contributed by atoms with Crippen molar-refractivity contribution in [3.05, 3.63) is 41.5 Å². The van der Waals surface area contributed by atoms with Crippen molar-refractivity contribution in [2.75, 3.05) is 13.2 Å². The van der Waals surface area contributed by atoms with Crippen molar-refractivity contribution >= 4 is 11.9 Å². The maximum absolute atomic E-state index is 12.0. The summed E-state index contributed by atoms with van der Waals surface area (Å²) in [6, 6.07) is 7.01. The zero-order valence-electron chi connectivity index (χ0n) is 13.1. The summed E-state index contributed by atoms with van der Waals surface area (Å²) in [6.45, 7) is 4.94. The Morgan fingerprint density at radius 1 is 1.27 bits per heavy atom. The molecule has 0 unspecified atom stereocenters. The molecular formula is C17H23NO4. The largest absolute Gasteiger partial charge is 0.490 e. The molecule has 5 heteroatoms. The maximum atomic E-state index is 12.0. The number of ether oxygens (including phenoxy) is 1. The van der Waals surface area contributed by atoms with Gasteiger partial charge < -0.3 is 15.2 Å². The molecule has 1 rings (SSSR count). The second kappa shape index (κ2) is 9.60. The maximum Gasteiger partial charge on any atom is 0.303 e. The smallest absolute Gasteiger partial charge is 0.303 e. The highest BCUT2D eigenvalue weighted by Crippen LogP contribution is 2.13. The fraction of sp³-hybridized carbons (Fsp3) is 0.412. The zero-order valence-corrected chi connectivity index (χ0v) is 13.1. The number of carboxylic acids is 1. The Kier molecular flexibility index (Phi) is 7.75. The minimum Gasteiger partial charge on any atom is -0.490 e. The van der Waals surface area contributed by atoms with E-state index >= 15 is 0 Å². The molecule has 0 aliphatic rings. The number of carbonyl (C=O) groups is 2. The minimum atomic E-state index is -0.812. The number of amides is 1. The van der Waals surface area contributed by atoms with Crippen molar-refractivity contribution < 1.29 is 19.4 Å². The number of unbranched alkanes of at least 4 members (excludes halogenated alkanes) is 1. The van der Waals surface area contributed by atoms with Crippen molar-refractivity contribution in [2.45, 2.75) is 33.1 Å². The summed E-state index contributed by atoms with van der Waals surface area (Å²) >= 11 is 0. The fourth-order valence-electron chi connectivity index (χ4n) is 1.74. The Morgan fingerprint density at radius 2 is 2.05 bits per heavy atom. The first-order valence-corrected chi connectivity index (χ1v) is 7.35. The van der Waals surface area contributed by atoms with Crippen LogP contribution in [0.4, 0.5) is 0 Å². The Hall–Kier alpha value is -2.30. The highest BCUT2D eigenvalue weighted by molar-refractivity contribution is 5.94. The van der Waals surface area contributed by atoms with Gasteiger partial charge in [-0.05, 0) is 51.0 Å². The first-order valence-electron chi connectivity index (χ1n) is 7.35.